The Morgan fingerprint density at radius 1 is 0.862 bits per heavy atom. The van der Waals surface area contributed by atoms with Crippen LogP contribution in [-0.4, -0.2) is 45.9 Å². The van der Waals surface area contributed by atoms with Gasteiger partial charge in [-0.1, -0.05) is 30.3 Å². The Morgan fingerprint density at radius 2 is 1.66 bits per heavy atom. The van der Waals surface area contributed by atoms with Crippen LogP contribution in [0.2, 0.25) is 0 Å². The Labute approximate surface area is 169 Å². The van der Waals surface area contributed by atoms with E-state index in [1.54, 1.807) is 17.1 Å². The standard InChI is InChI=1S/C22H24N6O/c29-21-10-9-20(25-28(21)15-17-5-2-1-3-6-17)26-11-13-27(14-12-26)22-18-7-4-8-19(18)23-16-24-22/h1-3,5-6,9-10,16H,4,7-8,11-15H2. The van der Waals surface area contributed by atoms with E-state index in [4.69, 9.17) is 0 Å². The van der Waals surface area contributed by atoms with Gasteiger partial charge in [-0.25, -0.2) is 14.6 Å². The molecule has 29 heavy (non-hydrogen) atoms. The quantitative estimate of drug-likeness (QED) is 0.680. The van der Waals surface area contributed by atoms with Gasteiger partial charge in [0.05, 0.1) is 6.54 Å². The smallest absolute Gasteiger partial charge is 0.267 e. The van der Waals surface area contributed by atoms with Gasteiger partial charge in [0.25, 0.3) is 5.56 Å². The second-order valence-corrected chi connectivity index (χ2v) is 7.62. The van der Waals surface area contributed by atoms with E-state index in [2.05, 4.69) is 24.9 Å². The molecule has 1 aliphatic heterocycles. The Balaban J connectivity index is 1.31. The molecule has 1 aromatic carbocycles. The summed E-state index contributed by atoms with van der Waals surface area (Å²) in [7, 11) is 0. The van der Waals surface area contributed by atoms with E-state index in [0.29, 0.717) is 6.54 Å². The Kier molecular flexibility index (Phi) is 4.71. The average molecular weight is 388 g/mol. The first kappa shape index (κ1) is 17.8. The average Bonchev–Trinajstić information content (AvgIpc) is 3.25. The van der Waals surface area contributed by atoms with Crippen molar-refractivity contribution in [1.82, 2.24) is 19.7 Å². The third-order valence-corrected chi connectivity index (χ3v) is 5.78. The van der Waals surface area contributed by atoms with Crippen molar-refractivity contribution >= 4 is 11.6 Å². The summed E-state index contributed by atoms with van der Waals surface area (Å²) >= 11 is 0. The van der Waals surface area contributed by atoms with Crippen LogP contribution in [0.25, 0.3) is 0 Å². The molecule has 0 radical (unpaired) electrons. The molecule has 7 heteroatoms. The minimum Gasteiger partial charge on any atom is -0.353 e. The second kappa shape index (κ2) is 7.66. The number of nitrogens with zero attached hydrogens (tertiary/aromatic N) is 6. The first-order chi connectivity index (χ1) is 14.3. The zero-order chi connectivity index (χ0) is 19.6. The summed E-state index contributed by atoms with van der Waals surface area (Å²) in [5.41, 5.74) is 3.54. The van der Waals surface area contributed by atoms with Crippen LogP contribution >= 0.6 is 0 Å². The Hall–Kier alpha value is -3.22. The molecule has 0 unspecified atom stereocenters. The zero-order valence-corrected chi connectivity index (χ0v) is 16.4. The number of benzene rings is 1. The van der Waals surface area contributed by atoms with Crippen LogP contribution in [0.15, 0.2) is 53.6 Å². The lowest BCUT2D eigenvalue weighted by molar-refractivity contribution is 0.598. The van der Waals surface area contributed by atoms with Crippen molar-refractivity contribution in [2.45, 2.75) is 25.8 Å². The summed E-state index contributed by atoms with van der Waals surface area (Å²) in [5, 5.41) is 4.63. The highest BCUT2D eigenvalue weighted by molar-refractivity contribution is 5.52. The zero-order valence-electron chi connectivity index (χ0n) is 16.4. The van der Waals surface area contributed by atoms with Crippen molar-refractivity contribution in [1.29, 1.82) is 0 Å². The van der Waals surface area contributed by atoms with E-state index in [1.807, 2.05) is 36.4 Å². The molecule has 7 nitrogen and oxygen atoms in total. The van der Waals surface area contributed by atoms with Crippen molar-refractivity contribution in [3.8, 4) is 0 Å². The first-order valence-corrected chi connectivity index (χ1v) is 10.2. The van der Waals surface area contributed by atoms with Crippen LogP contribution in [0, 0.1) is 0 Å². The molecular formula is C22H24N6O. The lowest BCUT2D eigenvalue weighted by Gasteiger charge is -2.36. The molecule has 0 spiro atoms. The van der Waals surface area contributed by atoms with E-state index < -0.39 is 0 Å². The summed E-state index contributed by atoms with van der Waals surface area (Å²) < 4.78 is 1.55. The number of fused-ring (bicyclic) bond motifs is 1. The number of aromatic nitrogens is 4. The Bertz CT molecular complexity index is 1060. The molecule has 5 rings (SSSR count). The molecule has 148 valence electrons. The molecule has 0 N–H and O–H groups in total. The molecule has 0 saturated carbocycles. The van der Waals surface area contributed by atoms with Gasteiger partial charge in [-0.3, -0.25) is 4.79 Å². The lowest BCUT2D eigenvalue weighted by Crippen LogP contribution is -2.48. The van der Waals surface area contributed by atoms with Crippen molar-refractivity contribution in [3.05, 3.63) is 76.0 Å². The largest absolute Gasteiger partial charge is 0.353 e. The molecule has 3 aromatic rings. The number of piperazine rings is 1. The van der Waals surface area contributed by atoms with Gasteiger partial charge in [0.15, 0.2) is 0 Å². The minimum atomic E-state index is -0.0761. The van der Waals surface area contributed by atoms with Crippen molar-refractivity contribution in [2.24, 2.45) is 0 Å². The van der Waals surface area contributed by atoms with Gasteiger partial charge in [0.2, 0.25) is 0 Å². The predicted octanol–water partition coefficient (Wildman–Crippen LogP) is 1.90. The van der Waals surface area contributed by atoms with Gasteiger partial charge in [-0.2, -0.15) is 5.10 Å². The van der Waals surface area contributed by atoms with Crippen LogP contribution in [0.1, 0.15) is 23.2 Å². The maximum Gasteiger partial charge on any atom is 0.267 e. The van der Waals surface area contributed by atoms with E-state index in [1.165, 1.54) is 17.7 Å². The molecule has 1 saturated heterocycles. The molecule has 0 bridgehead atoms. The van der Waals surface area contributed by atoms with Gasteiger partial charge >= 0.3 is 0 Å². The summed E-state index contributed by atoms with van der Waals surface area (Å²) in [6.45, 7) is 3.98. The first-order valence-electron chi connectivity index (χ1n) is 10.2. The third-order valence-electron chi connectivity index (χ3n) is 5.78. The summed E-state index contributed by atoms with van der Waals surface area (Å²) in [5.74, 6) is 1.96. The van der Waals surface area contributed by atoms with Gasteiger partial charge in [0, 0.05) is 43.5 Å². The van der Waals surface area contributed by atoms with Gasteiger partial charge in [-0.15, -0.1) is 0 Å². The highest BCUT2D eigenvalue weighted by Crippen LogP contribution is 2.28. The maximum absolute atomic E-state index is 12.3. The molecule has 1 fully saturated rings. The SMILES string of the molecule is O=c1ccc(N2CCN(c3ncnc4c3CCC4)CC2)nn1Cc1ccccc1. The third kappa shape index (κ3) is 3.60. The molecule has 2 aromatic heterocycles. The fraction of sp³-hybridized carbons (Fsp3) is 0.364. The Morgan fingerprint density at radius 3 is 2.48 bits per heavy atom. The van der Waals surface area contributed by atoms with Crippen molar-refractivity contribution < 1.29 is 0 Å². The van der Waals surface area contributed by atoms with Crippen molar-refractivity contribution in [3.63, 3.8) is 0 Å². The normalized spacial score (nSPS) is 16.1. The van der Waals surface area contributed by atoms with Crippen LogP contribution < -0.4 is 15.4 Å². The number of hydrogen-bond donors (Lipinski definition) is 0. The van der Waals surface area contributed by atoms with Crippen LogP contribution in [0.5, 0.6) is 0 Å². The lowest BCUT2D eigenvalue weighted by atomic mass is 10.2. The number of aryl methyl sites for hydroxylation is 1. The summed E-state index contributed by atoms with van der Waals surface area (Å²) in [6, 6.07) is 13.4. The molecule has 0 atom stereocenters. The fourth-order valence-corrected chi connectivity index (χ4v) is 4.24. The molecule has 0 amide bonds. The highest BCUT2D eigenvalue weighted by atomic mass is 16.1. The number of anilines is 2. The monoisotopic (exact) mass is 388 g/mol. The van der Waals surface area contributed by atoms with E-state index in [-0.39, 0.29) is 5.56 Å². The van der Waals surface area contributed by atoms with Gasteiger partial charge in [-0.05, 0) is 30.9 Å². The summed E-state index contributed by atoms with van der Waals surface area (Å²) in [4.78, 5) is 25.9. The van der Waals surface area contributed by atoms with Crippen LogP contribution in [0.4, 0.5) is 11.6 Å². The molecule has 2 aliphatic rings. The van der Waals surface area contributed by atoms with E-state index >= 15 is 0 Å². The number of hydrogen-bond acceptors (Lipinski definition) is 6. The van der Waals surface area contributed by atoms with E-state index in [9.17, 15) is 4.79 Å². The van der Waals surface area contributed by atoms with Crippen molar-refractivity contribution in [2.75, 3.05) is 36.0 Å². The molecular weight excluding hydrogens is 364 g/mol. The maximum atomic E-state index is 12.3. The topological polar surface area (TPSA) is 67.2 Å². The molecule has 3 heterocycles. The van der Waals surface area contributed by atoms with Crippen LogP contribution in [-0.2, 0) is 19.4 Å². The van der Waals surface area contributed by atoms with Crippen LogP contribution in [0.3, 0.4) is 0 Å². The minimum absolute atomic E-state index is 0.0761. The summed E-state index contributed by atoms with van der Waals surface area (Å²) in [6.07, 6.45) is 5.02. The number of rotatable bonds is 4. The fourth-order valence-electron chi connectivity index (χ4n) is 4.24. The predicted molar refractivity (Wildman–Crippen MR) is 113 cm³/mol. The van der Waals surface area contributed by atoms with E-state index in [0.717, 1.165) is 56.2 Å². The molecule has 1 aliphatic carbocycles. The second-order valence-electron chi connectivity index (χ2n) is 7.62. The van der Waals surface area contributed by atoms with Gasteiger partial charge in [0.1, 0.15) is 18.0 Å². The van der Waals surface area contributed by atoms with Gasteiger partial charge < -0.3 is 9.80 Å². The highest BCUT2D eigenvalue weighted by Gasteiger charge is 2.25.